The second-order valence-electron chi connectivity index (χ2n) is 9.24. The number of ether oxygens (including phenoxy) is 2. The molecule has 1 aliphatic rings. The van der Waals surface area contributed by atoms with Gasteiger partial charge in [-0.05, 0) is 32.0 Å². The van der Waals surface area contributed by atoms with Crippen molar-refractivity contribution in [2.24, 2.45) is 0 Å². The van der Waals surface area contributed by atoms with Gasteiger partial charge in [0.15, 0.2) is 0 Å². The molecule has 0 aliphatic carbocycles. The number of nitrogens with zero attached hydrogens (tertiary/aromatic N) is 2. The number of nitro groups is 1. The van der Waals surface area contributed by atoms with Gasteiger partial charge in [-0.25, -0.2) is 9.59 Å². The molecule has 0 bridgehead atoms. The molecule has 13 heteroatoms. The quantitative estimate of drug-likeness (QED) is 0.0950. The Labute approximate surface area is 241 Å². The first kappa shape index (κ1) is 31.3. The highest BCUT2D eigenvalue weighted by molar-refractivity contribution is 5.98. The third-order valence-corrected chi connectivity index (χ3v) is 6.32. The van der Waals surface area contributed by atoms with Crippen LogP contribution in [-0.2, 0) is 9.59 Å². The maximum Gasteiger partial charge on any atom is 0.334 e. The fourth-order valence-electron chi connectivity index (χ4n) is 4.43. The van der Waals surface area contributed by atoms with Gasteiger partial charge in [0.1, 0.15) is 36.9 Å². The van der Waals surface area contributed by atoms with Crippen LogP contribution < -0.4 is 20.1 Å². The van der Waals surface area contributed by atoms with Crippen LogP contribution in [0.2, 0.25) is 0 Å². The van der Waals surface area contributed by atoms with Gasteiger partial charge in [0, 0.05) is 42.2 Å². The lowest BCUT2D eigenvalue weighted by Crippen LogP contribution is -2.31. The van der Waals surface area contributed by atoms with Crippen LogP contribution in [0.4, 0.5) is 5.69 Å². The summed E-state index contributed by atoms with van der Waals surface area (Å²) in [5.74, 6) is -3.60. The normalized spacial score (nSPS) is 14.3. The first-order valence-corrected chi connectivity index (χ1v) is 12.8. The molecule has 1 unspecified atom stereocenters. The Bertz CT molecular complexity index is 1450. The van der Waals surface area contributed by atoms with E-state index in [2.05, 4.69) is 10.6 Å². The summed E-state index contributed by atoms with van der Waals surface area (Å²) in [5.41, 5.74) is -0.0532. The number of carbonyl (C=O) groups is 2. The first-order valence-electron chi connectivity index (χ1n) is 12.8. The molecule has 0 fully saturated rings. The number of hydrogen-bond acceptors (Lipinski definition) is 10. The van der Waals surface area contributed by atoms with Gasteiger partial charge in [-0.2, -0.15) is 5.26 Å². The van der Waals surface area contributed by atoms with E-state index in [1.54, 1.807) is 36.4 Å². The number of allylic oxidation sites excluding steroid dienone is 2. The lowest BCUT2D eigenvalue weighted by atomic mass is 9.80. The molecule has 3 rings (SSSR count). The Morgan fingerprint density at radius 2 is 1.76 bits per heavy atom. The smallest absolute Gasteiger partial charge is 0.334 e. The number of nitro benzene ring substituents is 1. The van der Waals surface area contributed by atoms with E-state index >= 15 is 0 Å². The maximum absolute atomic E-state index is 12.2. The molecule has 0 spiro atoms. The fraction of sp³-hybridized carbons (Fsp3) is 0.276. The molecule has 2 aromatic carbocycles. The molecule has 220 valence electrons. The van der Waals surface area contributed by atoms with Crippen molar-refractivity contribution in [3.05, 3.63) is 98.4 Å². The van der Waals surface area contributed by atoms with Crippen molar-refractivity contribution in [3.8, 4) is 17.6 Å². The number of non-ortho nitro benzene ring substituents is 1. The van der Waals surface area contributed by atoms with Gasteiger partial charge in [-0.15, -0.1) is 0 Å². The summed E-state index contributed by atoms with van der Waals surface area (Å²) < 4.78 is 11.3. The molecule has 13 nitrogen and oxygen atoms in total. The summed E-state index contributed by atoms with van der Waals surface area (Å²) >= 11 is 0. The van der Waals surface area contributed by atoms with E-state index in [0.29, 0.717) is 17.9 Å². The van der Waals surface area contributed by atoms with Crippen molar-refractivity contribution in [1.29, 1.82) is 5.26 Å². The lowest BCUT2D eigenvalue weighted by molar-refractivity contribution is -0.384. The minimum atomic E-state index is -1.37. The number of carboxylic acids is 2. The van der Waals surface area contributed by atoms with E-state index < -0.39 is 28.9 Å². The van der Waals surface area contributed by atoms with Crippen LogP contribution in [0.5, 0.6) is 11.5 Å². The van der Waals surface area contributed by atoms with Gasteiger partial charge in [0.05, 0.1) is 27.6 Å². The van der Waals surface area contributed by atoms with E-state index in [1.807, 2.05) is 6.07 Å². The highest BCUT2D eigenvalue weighted by atomic mass is 16.6. The molecule has 42 heavy (non-hydrogen) atoms. The summed E-state index contributed by atoms with van der Waals surface area (Å²) in [6.07, 6.45) is 2.52. The van der Waals surface area contributed by atoms with Crippen LogP contribution in [0.15, 0.2) is 77.2 Å². The number of nitrogens with one attached hydrogen (secondary N) is 2. The molecule has 0 aromatic heterocycles. The highest BCUT2D eigenvalue weighted by Crippen LogP contribution is 2.43. The molecule has 1 aliphatic heterocycles. The van der Waals surface area contributed by atoms with Crippen molar-refractivity contribution in [1.82, 2.24) is 10.6 Å². The van der Waals surface area contributed by atoms with Crippen molar-refractivity contribution >= 4 is 17.6 Å². The largest absolute Gasteiger partial charge is 0.489 e. The van der Waals surface area contributed by atoms with Crippen molar-refractivity contribution in [2.45, 2.75) is 25.9 Å². The van der Waals surface area contributed by atoms with Crippen molar-refractivity contribution in [3.63, 3.8) is 0 Å². The average molecular weight is 579 g/mol. The second kappa shape index (κ2) is 14.4. The van der Waals surface area contributed by atoms with Crippen LogP contribution in [-0.4, -0.2) is 64.6 Å². The van der Waals surface area contributed by atoms with Crippen LogP contribution in [0.1, 0.15) is 30.9 Å². The van der Waals surface area contributed by atoms with Crippen molar-refractivity contribution < 1.29 is 39.3 Å². The zero-order valence-corrected chi connectivity index (χ0v) is 22.9. The topological polar surface area (TPSA) is 204 Å². The molecular weight excluding hydrogens is 548 g/mol. The number of para-hydroxylation sites is 1. The maximum atomic E-state index is 12.2. The second-order valence-corrected chi connectivity index (χ2v) is 9.24. The summed E-state index contributed by atoms with van der Waals surface area (Å²) in [4.78, 5) is 35.2. The molecule has 2 aromatic rings. The van der Waals surface area contributed by atoms with Gasteiger partial charge in [0.2, 0.25) is 0 Å². The Balaban J connectivity index is 1.66. The Kier molecular flexibility index (Phi) is 10.8. The van der Waals surface area contributed by atoms with E-state index in [1.165, 1.54) is 26.0 Å². The predicted molar refractivity (Wildman–Crippen MR) is 150 cm³/mol. The number of rotatable bonds is 14. The number of dihydropyridines is 1. The van der Waals surface area contributed by atoms with Gasteiger partial charge in [-0.1, -0.05) is 24.3 Å². The Morgan fingerprint density at radius 1 is 1.10 bits per heavy atom. The molecular formula is C29H30N4O9. The number of aliphatic carboxylic acids is 2. The Morgan fingerprint density at radius 3 is 2.38 bits per heavy atom. The first-order chi connectivity index (χ1) is 20.0. The lowest BCUT2D eigenvalue weighted by Gasteiger charge is -2.29. The van der Waals surface area contributed by atoms with Crippen molar-refractivity contribution in [2.75, 3.05) is 26.3 Å². The number of aliphatic hydroxyl groups is 1. The molecule has 0 saturated carbocycles. The molecule has 1 heterocycles. The monoisotopic (exact) mass is 578 g/mol. The standard InChI is InChI=1S/C29H30N4O9/c1-17-25(28(35)36)27(26(29(37)38)18(2)32-17)22-13-20(33(39)40)9-10-24(22)41-12-6-5-11-31-15-21(34)16-42-23-8-4-3-7-19(23)14-30/h3-10,13,21,27,31-32,34H,11-12,15-16H2,1-2H3,(H,35,36)(H,37,38). The van der Waals surface area contributed by atoms with E-state index in [9.17, 15) is 35.0 Å². The SMILES string of the molecule is CC1=C(C(=O)O)C(c2cc([N+](=O)[O-])ccc2OCC=CCNCC(O)COc2ccccc2C#N)C(C(=O)O)=C(C)N1. The molecule has 0 radical (unpaired) electrons. The summed E-state index contributed by atoms with van der Waals surface area (Å²) in [7, 11) is 0. The number of benzene rings is 2. The minimum Gasteiger partial charge on any atom is -0.489 e. The number of nitriles is 1. The fourth-order valence-corrected chi connectivity index (χ4v) is 4.43. The van der Waals surface area contributed by atoms with Crippen LogP contribution in [0.3, 0.4) is 0 Å². The third-order valence-electron chi connectivity index (χ3n) is 6.32. The summed E-state index contributed by atoms with van der Waals surface area (Å²) in [6, 6.07) is 12.3. The van der Waals surface area contributed by atoms with Crippen LogP contribution >= 0.6 is 0 Å². The number of carboxylic acid groups (broad SMARTS) is 2. The van der Waals surface area contributed by atoms with Gasteiger partial charge in [0.25, 0.3) is 5.69 Å². The average Bonchev–Trinajstić information content (AvgIpc) is 2.94. The van der Waals surface area contributed by atoms with Gasteiger partial charge < -0.3 is 35.4 Å². The minimum absolute atomic E-state index is 0.00965. The third kappa shape index (κ3) is 7.72. The molecule has 5 N–H and O–H groups in total. The van der Waals surface area contributed by atoms with Gasteiger partial charge >= 0.3 is 11.9 Å². The van der Waals surface area contributed by atoms with E-state index in [0.717, 1.165) is 6.07 Å². The molecule has 1 atom stereocenters. The molecule has 0 amide bonds. The van der Waals surface area contributed by atoms with Crippen LogP contribution in [0, 0.1) is 21.4 Å². The molecule has 0 saturated heterocycles. The zero-order chi connectivity index (χ0) is 30.8. The van der Waals surface area contributed by atoms with Gasteiger partial charge in [-0.3, -0.25) is 10.1 Å². The summed E-state index contributed by atoms with van der Waals surface area (Å²) in [5, 5.41) is 56.3. The highest BCUT2D eigenvalue weighted by Gasteiger charge is 2.38. The van der Waals surface area contributed by atoms with E-state index in [-0.39, 0.29) is 59.3 Å². The zero-order valence-electron chi connectivity index (χ0n) is 22.9. The predicted octanol–water partition coefficient (Wildman–Crippen LogP) is 2.83. The number of hydrogen-bond donors (Lipinski definition) is 5. The van der Waals surface area contributed by atoms with Crippen LogP contribution in [0.25, 0.3) is 0 Å². The number of aliphatic hydroxyl groups excluding tert-OH is 1. The summed E-state index contributed by atoms with van der Waals surface area (Å²) in [6.45, 7) is 3.50. The Hall–Kier alpha value is -5.19. The van der Waals surface area contributed by atoms with E-state index in [4.69, 9.17) is 14.7 Å².